The summed E-state index contributed by atoms with van der Waals surface area (Å²) in [5.74, 6) is 0.139. The summed E-state index contributed by atoms with van der Waals surface area (Å²) in [6.45, 7) is 0.470. The monoisotopic (exact) mass is 230 g/mol. The van der Waals surface area contributed by atoms with Gasteiger partial charge >= 0.3 is 0 Å². The number of carbonyl (C=O) groups is 1. The zero-order valence-electron chi connectivity index (χ0n) is 9.47. The molecule has 1 heterocycles. The molecule has 0 unspecified atom stereocenters. The van der Waals surface area contributed by atoms with Gasteiger partial charge in [-0.15, -0.1) is 0 Å². The molecule has 0 radical (unpaired) electrons. The van der Waals surface area contributed by atoms with Crippen LogP contribution in [0.5, 0.6) is 0 Å². The molecule has 1 N–H and O–H groups in total. The molecule has 88 valence electrons. The summed E-state index contributed by atoms with van der Waals surface area (Å²) in [7, 11) is 0. The summed E-state index contributed by atoms with van der Waals surface area (Å²) in [5.41, 5.74) is 1.34. The standard InChI is InChI=1S/C13H14N2O2/c16-12-4-1-5-13(17)11(12)9-15-8-10-3-2-6-14-7-10/h2-3,6-7,9,16H,1,4-5,8H2. The van der Waals surface area contributed by atoms with Gasteiger partial charge in [0.1, 0.15) is 5.76 Å². The quantitative estimate of drug-likeness (QED) is 0.810. The Morgan fingerprint density at radius 3 is 3.06 bits per heavy atom. The molecule has 0 spiro atoms. The molecule has 1 aromatic heterocycles. The number of aliphatic hydroxyl groups excluding tert-OH is 1. The van der Waals surface area contributed by atoms with Crippen LogP contribution in [0, 0.1) is 0 Å². The summed E-state index contributed by atoms with van der Waals surface area (Å²) in [6.07, 6.45) is 6.70. The van der Waals surface area contributed by atoms with Crippen LogP contribution in [-0.4, -0.2) is 22.1 Å². The number of rotatable bonds is 3. The van der Waals surface area contributed by atoms with E-state index in [4.69, 9.17) is 0 Å². The molecule has 0 bridgehead atoms. The number of Topliss-reactive ketones (excluding diaryl/α,β-unsaturated/α-hetero) is 1. The SMILES string of the molecule is O=C1CCCC(O)=C1C=NCc1cccnc1. The van der Waals surface area contributed by atoms with Crippen LogP contribution < -0.4 is 0 Å². The molecule has 1 aliphatic rings. The van der Waals surface area contributed by atoms with E-state index in [0.717, 1.165) is 12.0 Å². The van der Waals surface area contributed by atoms with Gasteiger partial charge in [0, 0.05) is 31.4 Å². The first-order valence-corrected chi connectivity index (χ1v) is 5.61. The lowest BCUT2D eigenvalue weighted by Crippen LogP contribution is -2.12. The Morgan fingerprint density at radius 1 is 1.47 bits per heavy atom. The summed E-state index contributed by atoms with van der Waals surface area (Å²) in [6, 6.07) is 3.76. The lowest BCUT2D eigenvalue weighted by molar-refractivity contribution is -0.115. The van der Waals surface area contributed by atoms with Crippen LogP contribution in [0.2, 0.25) is 0 Å². The van der Waals surface area contributed by atoms with Crippen molar-refractivity contribution in [3.05, 3.63) is 41.4 Å². The fourth-order valence-corrected chi connectivity index (χ4v) is 1.73. The van der Waals surface area contributed by atoms with Crippen molar-refractivity contribution in [2.24, 2.45) is 4.99 Å². The average Bonchev–Trinajstić information content (AvgIpc) is 2.34. The number of nitrogens with zero attached hydrogens (tertiary/aromatic N) is 2. The molecule has 0 atom stereocenters. The maximum Gasteiger partial charge on any atom is 0.167 e. The maximum atomic E-state index is 11.5. The zero-order chi connectivity index (χ0) is 12.1. The smallest absolute Gasteiger partial charge is 0.167 e. The third-order valence-corrected chi connectivity index (χ3v) is 2.65. The van der Waals surface area contributed by atoms with Gasteiger partial charge in [-0.25, -0.2) is 0 Å². The van der Waals surface area contributed by atoms with E-state index in [1.165, 1.54) is 6.21 Å². The van der Waals surface area contributed by atoms with E-state index in [2.05, 4.69) is 9.98 Å². The molecule has 0 saturated carbocycles. The highest BCUT2D eigenvalue weighted by Crippen LogP contribution is 2.18. The lowest BCUT2D eigenvalue weighted by Gasteiger charge is -2.11. The van der Waals surface area contributed by atoms with E-state index in [1.807, 2.05) is 12.1 Å². The average molecular weight is 230 g/mol. The second-order valence-electron chi connectivity index (χ2n) is 3.97. The molecule has 0 aliphatic heterocycles. The lowest BCUT2D eigenvalue weighted by atomic mass is 9.97. The number of aromatic nitrogens is 1. The third-order valence-electron chi connectivity index (χ3n) is 2.65. The molecule has 4 heteroatoms. The Labute approximate surface area is 99.7 Å². The van der Waals surface area contributed by atoms with Gasteiger partial charge < -0.3 is 5.11 Å². The molecule has 4 nitrogen and oxygen atoms in total. The minimum Gasteiger partial charge on any atom is -0.512 e. The van der Waals surface area contributed by atoms with Crippen molar-refractivity contribution < 1.29 is 9.90 Å². The number of hydrogen-bond donors (Lipinski definition) is 1. The first kappa shape index (κ1) is 11.5. The second kappa shape index (κ2) is 5.39. The Kier molecular flexibility index (Phi) is 3.65. The Morgan fingerprint density at radius 2 is 2.35 bits per heavy atom. The van der Waals surface area contributed by atoms with Crippen molar-refractivity contribution in [2.75, 3.05) is 0 Å². The van der Waals surface area contributed by atoms with Gasteiger partial charge in [0.25, 0.3) is 0 Å². The van der Waals surface area contributed by atoms with Crippen LogP contribution in [0.25, 0.3) is 0 Å². The van der Waals surface area contributed by atoms with Gasteiger partial charge in [-0.05, 0) is 18.1 Å². The Balaban J connectivity index is 2.03. The molecule has 0 amide bonds. The largest absolute Gasteiger partial charge is 0.512 e. The van der Waals surface area contributed by atoms with E-state index in [0.29, 0.717) is 25.0 Å². The highest BCUT2D eigenvalue weighted by molar-refractivity contribution is 6.14. The fourth-order valence-electron chi connectivity index (χ4n) is 1.73. The van der Waals surface area contributed by atoms with E-state index in [9.17, 15) is 9.90 Å². The van der Waals surface area contributed by atoms with Crippen molar-refractivity contribution in [1.29, 1.82) is 0 Å². The third kappa shape index (κ3) is 3.00. The molecule has 17 heavy (non-hydrogen) atoms. The van der Waals surface area contributed by atoms with Gasteiger partial charge in [0.05, 0.1) is 12.1 Å². The normalized spacial score (nSPS) is 16.8. The van der Waals surface area contributed by atoms with Crippen LogP contribution in [0.4, 0.5) is 0 Å². The predicted octanol–water partition coefficient (Wildman–Crippen LogP) is 2.22. The number of pyridine rings is 1. The predicted molar refractivity (Wildman–Crippen MR) is 64.9 cm³/mol. The van der Waals surface area contributed by atoms with Crippen LogP contribution in [-0.2, 0) is 11.3 Å². The minimum atomic E-state index is -0.0244. The number of allylic oxidation sites excluding steroid dienone is 2. The van der Waals surface area contributed by atoms with E-state index < -0.39 is 0 Å². The van der Waals surface area contributed by atoms with Crippen molar-refractivity contribution in [3.8, 4) is 0 Å². The van der Waals surface area contributed by atoms with Crippen LogP contribution >= 0.6 is 0 Å². The van der Waals surface area contributed by atoms with E-state index in [-0.39, 0.29) is 11.5 Å². The van der Waals surface area contributed by atoms with Gasteiger partial charge in [0.15, 0.2) is 5.78 Å². The highest BCUT2D eigenvalue weighted by atomic mass is 16.3. The Bertz CT molecular complexity index is 464. The molecule has 1 aromatic rings. The van der Waals surface area contributed by atoms with Gasteiger partial charge in [-0.2, -0.15) is 0 Å². The molecular weight excluding hydrogens is 216 g/mol. The van der Waals surface area contributed by atoms with Crippen molar-refractivity contribution >= 4 is 12.0 Å². The van der Waals surface area contributed by atoms with Crippen molar-refractivity contribution in [1.82, 2.24) is 4.98 Å². The van der Waals surface area contributed by atoms with E-state index in [1.54, 1.807) is 12.4 Å². The van der Waals surface area contributed by atoms with Gasteiger partial charge in [0.2, 0.25) is 0 Å². The molecular formula is C13H14N2O2. The molecule has 0 fully saturated rings. The second-order valence-corrected chi connectivity index (χ2v) is 3.97. The van der Waals surface area contributed by atoms with Crippen molar-refractivity contribution in [2.45, 2.75) is 25.8 Å². The van der Waals surface area contributed by atoms with Crippen LogP contribution in [0.3, 0.4) is 0 Å². The fraction of sp³-hybridized carbons (Fsp3) is 0.308. The molecule has 1 aliphatic carbocycles. The zero-order valence-corrected chi connectivity index (χ0v) is 9.47. The van der Waals surface area contributed by atoms with Crippen molar-refractivity contribution in [3.63, 3.8) is 0 Å². The van der Waals surface area contributed by atoms with E-state index >= 15 is 0 Å². The summed E-state index contributed by atoms with van der Waals surface area (Å²) in [4.78, 5) is 19.7. The Hall–Kier alpha value is -1.97. The van der Waals surface area contributed by atoms with Gasteiger partial charge in [-0.3, -0.25) is 14.8 Å². The summed E-state index contributed by atoms with van der Waals surface area (Å²) in [5, 5.41) is 9.59. The number of hydrogen-bond acceptors (Lipinski definition) is 4. The maximum absolute atomic E-state index is 11.5. The first-order chi connectivity index (χ1) is 8.27. The number of ketones is 1. The molecule has 2 rings (SSSR count). The first-order valence-electron chi connectivity index (χ1n) is 5.61. The molecule has 0 aromatic carbocycles. The number of aliphatic imine (C=N–C) groups is 1. The van der Waals surface area contributed by atoms with Crippen LogP contribution in [0.15, 0.2) is 40.9 Å². The topological polar surface area (TPSA) is 62.5 Å². The van der Waals surface area contributed by atoms with Crippen LogP contribution in [0.1, 0.15) is 24.8 Å². The van der Waals surface area contributed by atoms with Gasteiger partial charge in [-0.1, -0.05) is 6.07 Å². The highest BCUT2D eigenvalue weighted by Gasteiger charge is 2.18. The number of carbonyl (C=O) groups excluding carboxylic acids is 1. The minimum absolute atomic E-state index is 0.0244. The summed E-state index contributed by atoms with van der Waals surface area (Å²) >= 11 is 0. The molecule has 0 saturated heterocycles. The summed E-state index contributed by atoms with van der Waals surface area (Å²) < 4.78 is 0. The number of aliphatic hydroxyl groups is 1.